The Bertz CT molecular complexity index is 857. The summed E-state index contributed by atoms with van der Waals surface area (Å²) in [6, 6.07) is 8.51. The molecule has 0 aliphatic heterocycles. The number of thiocarbonyl (C=S) groups is 1. The monoisotopic (exact) mass is 364 g/mol. The molecule has 0 spiro atoms. The van der Waals surface area contributed by atoms with Gasteiger partial charge in [-0.15, -0.1) is 22.7 Å². The van der Waals surface area contributed by atoms with E-state index in [0.717, 1.165) is 21.0 Å². The number of para-hydroxylation sites is 1. The minimum absolute atomic E-state index is 0.302. The molecule has 0 bridgehead atoms. The van der Waals surface area contributed by atoms with Crippen molar-refractivity contribution in [2.24, 2.45) is 0 Å². The summed E-state index contributed by atoms with van der Waals surface area (Å²) in [7, 11) is 1.57. The highest BCUT2D eigenvalue weighted by molar-refractivity contribution is 7.80. The molecule has 23 heavy (non-hydrogen) atoms. The van der Waals surface area contributed by atoms with Crippen LogP contribution in [-0.2, 0) is 4.74 Å². The molecule has 0 radical (unpaired) electrons. The Kier molecular flexibility index (Phi) is 4.70. The molecule has 1 N–H and O–H groups in total. The first-order valence-electron chi connectivity index (χ1n) is 6.74. The van der Waals surface area contributed by atoms with Crippen LogP contribution < -0.4 is 5.32 Å². The fourth-order valence-corrected chi connectivity index (χ4v) is 3.92. The molecule has 0 saturated heterocycles. The third-order valence-corrected chi connectivity index (χ3v) is 5.52. The van der Waals surface area contributed by atoms with E-state index in [1.54, 1.807) is 36.6 Å². The van der Waals surface area contributed by atoms with E-state index < -0.39 is 0 Å². The molecule has 3 rings (SSSR count). The molecular formula is C16H13FN2OS3. The number of hydrogen-bond donors (Lipinski definition) is 1. The van der Waals surface area contributed by atoms with Crippen molar-refractivity contribution >= 4 is 50.8 Å². The van der Waals surface area contributed by atoms with Gasteiger partial charge in [0.05, 0.1) is 23.4 Å². The maximum Gasteiger partial charge on any atom is 0.201 e. The third kappa shape index (κ3) is 3.41. The van der Waals surface area contributed by atoms with Gasteiger partial charge in [-0.25, -0.2) is 9.37 Å². The second-order valence-corrected chi connectivity index (χ2v) is 7.20. The second kappa shape index (κ2) is 6.74. The van der Waals surface area contributed by atoms with Crippen molar-refractivity contribution in [2.75, 3.05) is 12.4 Å². The van der Waals surface area contributed by atoms with Gasteiger partial charge < -0.3 is 10.1 Å². The van der Waals surface area contributed by atoms with Gasteiger partial charge in [-0.1, -0.05) is 12.1 Å². The van der Waals surface area contributed by atoms with E-state index in [4.69, 9.17) is 17.0 Å². The van der Waals surface area contributed by atoms with Crippen LogP contribution in [0, 0.1) is 12.7 Å². The number of aryl methyl sites for hydroxylation is 1. The minimum Gasteiger partial charge on any atom is -0.486 e. The average molecular weight is 364 g/mol. The van der Waals surface area contributed by atoms with Crippen LogP contribution in [-0.4, -0.2) is 17.1 Å². The highest BCUT2D eigenvalue weighted by Gasteiger charge is 2.14. The van der Waals surface area contributed by atoms with Gasteiger partial charge in [0.2, 0.25) is 5.05 Å². The van der Waals surface area contributed by atoms with E-state index in [-0.39, 0.29) is 5.82 Å². The predicted octanol–water partition coefficient (Wildman–Crippen LogP) is 5.38. The van der Waals surface area contributed by atoms with Gasteiger partial charge in [-0.2, -0.15) is 0 Å². The van der Waals surface area contributed by atoms with E-state index in [2.05, 4.69) is 10.3 Å². The topological polar surface area (TPSA) is 34.1 Å². The minimum atomic E-state index is -0.302. The molecule has 0 unspecified atom stereocenters. The Labute approximate surface area is 146 Å². The molecular weight excluding hydrogens is 351 g/mol. The first-order valence-corrected chi connectivity index (χ1v) is 8.85. The molecule has 0 saturated carbocycles. The molecule has 7 heteroatoms. The average Bonchev–Trinajstić information content (AvgIpc) is 3.15. The van der Waals surface area contributed by atoms with Crippen molar-refractivity contribution in [3.05, 3.63) is 51.3 Å². The highest BCUT2D eigenvalue weighted by Crippen LogP contribution is 2.34. The maximum absolute atomic E-state index is 13.7. The zero-order chi connectivity index (χ0) is 16.4. The number of hydrogen-bond acceptors (Lipinski definition) is 6. The number of thiophene rings is 1. The lowest BCUT2D eigenvalue weighted by Crippen LogP contribution is -1.95. The van der Waals surface area contributed by atoms with Gasteiger partial charge in [0, 0.05) is 15.8 Å². The number of nitrogens with zero attached hydrogens (tertiary/aromatic N) is 1. The number of anilines is 2. The Morgan fingerprint density at radius 2 is 2.13 bits per heavy atom. The van der Waals surface area contributed by atoms with Crippen LogP contribution in [0.5, 0.6) is 0 Å². The molecule has 1 aromatic carbocycles. The van der Waals surface area contributed by atoms with Crippen LogP contribution in [0.4, 0.5) is 15.2 Å². The SMILES string of the molecule is COC(=S)c1cc(-c2csc(Nc3ccccc3F)n2)c(C)s1. The van der Waals surface area contributed by atoms with Crippen LogP contribution >= 0.6 is 34.9 Å². The lowest BCUT2D eigenvalue weighted by molar-refractivity contribution is 0.417. The van der Waals surface area contributed by atoms with Crippen molar-refractivity contribution in [1.29, 1.82) is 0 Å². The number of rotatable bonds is 4. The summed E-state index contributed by atoms with van der Waals surface area (Å²) < 4.78 is 18.8. The summed E-state index contributed by atoms with van der Waals surface area (Å²) in [6.07, 6.45) is 0. The van der Waals surface area contributed by atoms with Gasteiger partial charge >= 0.3 is 0 Å². The normalized spacial score (nSPS) is 10.6. The molecule has 0 atom stereocenters. The Balaban J connectivity index is 1.86. The van der Waals surface area contributed by atoms with Gasteiger partial charge in [-0.05, 0) is 37.3 Å². The number of benzene rings is 1. The first-order chi connectivity index (χ1) is 11.1. The van der Waals surface area contributed by atoms with Crippen molar-refractivity contribution in [2.45, 2.75) is 6.92 Å². The van der Waals surface area contributed by atoms with Crippen molar-refractivity contribution in [3.8, 4) is 11.3 Å². The van der Waals surface area contributed by atoms with Crippen LogP contribution in [0.3, 0.4) is 0 Å². The van der Waals surface area contributed by atoms with Crippen LogP contribution in [0.25, 0.3) is 11.3 Å². The number of methoxy groups -OCH3 is 1. The summed E-state index contributed by atoms with van der Waals surface area (Å²) in [5.41, 5.74) is 2.27. The molecule has 0 fully saturated rings. The van der Waals surface area contributed by atoms with Gasteiger partial charge in [0.25, 0.3) is 0 Å². The largest absolute Gasteiger partial charge is 0.486 e. The molecule has 3 nitrogen and oxygen atoms in total. The summed E-state index contributed by atoms with van der Waals surface area (Å²) in [4.78, 5) is 6.56. The zero-order valence-corrected chi connectivity index (χ0v) is 14.9. The molecule has 0 aliphatic rings. The zero-order valence-electron chi connectivity index (χ0n) is 12.4. The standard InChI is InChI=1S/C16H13FN2OS3/c1-9-10(7-14(23-9)15(21)20-2)13-8-22-16(19-13)18-12-6-4-3-5-11(12)17/h3-8H,1-2H3,(H,18,19). The van der Waals surface area contributed by atoms with Crippen LogP contribution in [0.2, 0.25) is 0 Å². The summed E-state index contributed by atoms with van der Waals surface area (Å²) in [5.74, 6) is -0.302. The molecule has 2 aromatic heterocycles. The maximum atomic E-state index is 13.7. The summed E-state index contributed by atoms with van der Waals surface area (Å²) in [6.45, 7) is 2.02. The molecule has 0 aliphatic carbocycles. The summed E-state index contributed by atoms with van der Waals surface area (Å²) in [5, 5.41) is 6.07. The number of halogens is 1. The van der Waals surface area contributed by atoms with Crippen LogP contribution in [0.1, 0.15) is 9.75 Å². The van der Waals surface area contributed by atoms with Gasteiger partial charge in [0.1, 0.15) is 5.82 Å². The van der Waals surface area contributed by atoms with Crippen molar-refractivity contribution in [1.82, 2.24) is 4.98 Å². The van der Waals surface area contributed by atoms with Gasteiger partial charge in [-0.3, -0.25) is 0 Å². The Morgan fingerprint density at radius 3 is 2.87 bits per heavy atom. The number of aromatic nitrogens is 1. The van der Waals surface area contributed by atoms with E-state index >= 15 is 0 Å². The first kappa shape index (κ1) is 16.0. The van der Waals surface area contributed by atoms with E-state index in [9.17, 15) is 4.39 Å². The fraction of sp³-hybridized carbons (Fsp3) is 0.125. The molecule has 0 amide bonds. The quantitative estimate of drug-likeness (QED) is 0.630. The molecule has 3 aromatic rings. The number of thiazole rings is 1. The van der Waals surface area contributed by atoms with Gasteiger partial charge in [0.15, 0.2) is 5.13 Å². The molecule has 118 valence electrons. The van der Waals surface area contributed by atoms with E-state index in [1.165, 1.54) is 17.4 Å². The van der Waals surface area contributed by atoms with E-state index in [0.29, 0.717) is 15.9 Å². The number of nitrogens with one attached hydrogen (secondary N) is 1. The van der Waals surface area contributed by atoms with Crippen molar-refractivity contribution < 1.29 is 9.13 Å². The summed E-state index contributed by atoms with van der Waals surface area (Å²) >= 11 is 8.17. The Hall–Kier alpha value is -1.83. The third-order valence-electron chi connectivity index (χ3n) is 3.20. The van der Waals surface area contributed by atoms with E-state index in [1.807, 2.05) is 18.4 Å². The highest BCUT2D eigenvalue weighted by atomic mass is 32.1. The smallest absolute Gasteiger partial charge is 0.201 e. The lowest BCUT2D eigenvalue weighted by Gasteiger charge is -2.02. The van der Waals surface area contributed by atoms with Crippen LogP contribution in [0.15, 0.2) is 35.7 Å². The Morgan fingerprint density at radius 1 is 1.35 bits per heavy atom. The number of ether oxygens (including phenoxy) is 1. The molecule has 2 heterocycles. The predicted molar refractivity (Wildman–Crippen MR) is 98.6 cm³/mol. The second-order valence-electron chi connectivity index (χ2n) is 4.71. The van der Waals surface area contributed by atoms with Crippen molar-refractivity contribution in [3.63, 3.8) is 0 Å². The fourth-order valence-electron chi connectivity index (χ4n) is 2.07. The lowest BCUT2D eigenvalue weighted by atomic mass is 10.2.